The predicted octanol–water partition coefficient (Wildman–Crippen LogP) is 2.01. The van der Waals surface area contributed by atoms with E-state index in [0.29, 0.717) is 30.6 Å². The molecule has 0 aliphatic heterocycles. The highest BCUT2D eigenvalue weighted by Gasteiger charge is 2.23. The third kappa shape index (κ3) is 2.76. The predicted molar refractivity (Wildman–Crippen MR) is 67.1 cm³/mol. The first kappa shape index (κ1) is 11.4. The molecule has 0 unspecified atom stereocenters. The minimum atomic E-state index is 0.0628. The molecule has 1 N–H and O–H groups in total. The first-order chi connectivity index (χ1) is 8.81. The van der Waals surface area contributed by atoms with Crippen LogP contribution in [0.25, 0.3) is 11.4 Å². The molecule has 2 heterocycles. The van der Waals surface area contributed by atoms with E-state index in [1.807, 2.05) is 16.8 Å². The summed E-state index contributed by atoms with van der Waals surface area (Å²) in [6, 6.07) is 2.35. The van der Waals surface area contributed by atoms with Gasteiger partial charge < -0.3 is 9.84 Å². The number of rotatable bonds is 5. The number of nitrogens with one attached hydrogen (secondary N) is 1. The van der Waals surface area contributed by atoms with Gasteiger partial charge in [0, 0.05) is 29.8 Å². The maximum Gasteiger partial charge on any atom is 0.227 e. The number of hydrogen-bond acceptors (Lipinski definition) is 5. The third-order valence-corrected chi connectivity index (χ3v) is 3.44. The van der Waals surface area contributed by atoms with Crippen LogP contribution in [-0.4, -0.2) is 22.1 Å². The molecule has 0 radical (unpaired) electrons. The minimum Gasteiger partial charge on any atom is -0.353 e. The number of hydrogen-bond donors (Lipinski definition) is 1. The molecule has 1 aliphatic carbocycles. The minimum absolute atomic E-state index is 0.0628. The van der Waals surface area contributed by atoms with Gasteiger partial charge in [0.05, 0.1) is 0 Å². The Morgan fingerprint density at radius 1 is 1.56 bits per heavy atom. The zero-order valence-electron chi connectivity index (χ0n) is 9.76. The number of aryl methyl sites for hydroxylation is 1. The fraction of sp³-hybridized carbons (Fsp3) is 0.417. The molecule has 0 bridgehead atoms. The standard InChI is InChI=1S/C12H13N3O2S/c16-10(13-9-1-2-9)3-4-11-14-12(15-17-11)8-5-6-18-7-8/h5-7,9H,1-4H2,(H,13,16). The number of aromatic nitrogens is 2. The molecule has 0 spiro atoms. The molecular formula is C12H13N3O2S. The Bertz CT molecular complexity index is 531. The van der Waals surface area contributed by atoms with Gasteiger partial charge in [-0.25, -0.2) is 0 Å². The number of nitrogens with zero attached hydrogens (tertiary/aromatic N) is 2. The maximum absolute atomic E-state index is 11.5. The van der Waals surface area contributed by atoms with Gasteiger partial charge in [-0.1, -0.05) is 5.16 Å². The molecular weight excluding hydrogens is 250 g/mol. The van der Waals surface area contributed by atoms with Crippen molar-refractivity contribution in [3.05, 3.63) is 22.7 Å². The SMILES string of the molecule is O=C(CCc1nc(-c2ccsc2)no1)NC1CC1. The molecule has 0 atom stereocenters. The third-order valence-electron chi connectivity index (χ3n) is 2.76. The molecule has 0 saturated heterocycles. The first-order valence-electron chi connectivity index (χ1n) is 5.96. The van der Waals surface area contributed by atoms with E-state index < -0.39 is 0 Å². The van der Waals surface area contributed by atoms with Crippen molar-refractivity contribution in [1.29, 1.82) is 0 Å². The summed E-state index contributed by atoms with van der Waals surface area (Å²) in [7, 11) is 0. The molecule has 18 heavy (non-hydrogen) atoms. The number of amides is 1. The van der Waals surface area contributed by atoms with Crippen LogP contribution in [0.3, 0.4) is 0 Å². The van der Waals surface area contributed by atoms with Gasteiger partial charge in [-0.3, -0.25) is 4.79 Å². The summed E-state index contributed by atoms with van der Waals surface area (Å²) < 4.78 is 5.12. The lowest BCUT2D eigenvalue weighted by atomic mass is 10.3. The zero-order valence-corrected chi connectivity index (χ0v) is 10.6. The van der Waals surface area contributed by atoms with E-state index in [4.69, 9.17) is 4.52 Å². The van der Waals surface area contributed by atoms with Crippen LogP contribution in [0, 0.1) is 0 Å². The first-order valence-corrected chi connectivity index (χ1v) is 6.90. The van der Waals surface area contributed by atoms with Crippen molar-refractivity contribution < 1.29 is 9.32 Å². The Kier molecular flexibility index (Phi) is 3.10. The lowest BCUT2D eigenvalue weighted by Gasteiger charge is -1.99. The van der Waals surface area contributed by atoms with Crippen LogP contribution in [0.1, 0.15) is 25.2 Å². The summed E-state index contributed by atoms with van der Waals surface area (Å²) in [6.45, 7) is 0. The Hall–Kier alpha value is -1.69. The summed E-state index contributed by atoms with van der Waals surface area (Å²) in [4.78, 5) is 15.8. The summed E-state index contributed by atoms with van der Waals surface area (Å²) in [5, 5.41) is 10.8. The van der Waals surface area contributed by atoms with Crippen molar-refractivity contribution in [1.82, 2.24) is 15.5 Å². The Balaban J connectivity index is 1.55. The van der Waals surface area contributed by atoms with Gasteiger partial charge in [0.1, 0.15) is 0 Å². The Labute approximate surface area is 108 Å². The van der Waals surface area contributed by atoms with E-state index in [2.05, 4.69) is 15.5 Å². The van der Waals surface area contributed by atoms with Gasteiger partial charge in [0.15, 0.2) is 0 Å². The second kappa shape index (κ2) is 4.89. The van der Waals surface area contributed by atoms with E-state index in [1.54, 1.807) is 11.3 Å². The van der Waals surface area contributed by atoms with Gasteiger partial charge in [-0.05, 0) is 24.3 Å². The fourth-order valence-electron chi connectivity index (χ4n) is 1.61. The van der Waals surface area contributed by atoms with E-state index in [0.717, 1.165) is 18.4 Å². The summed E-state index contributed by atoms with van der Waals surface area (Å²) in [5.74, 6) is 1.17. The molecule has 1 saturated carbocycles. The molecule has 2 aromatic heterocycles. The van der Waals surface area contributed by atoms with Gasteiger partial charge >= 0.3 is 0 Å². The molecule has 1 fully saturated rings. The van der Waals surface area contributed by atoms with E-state index in [1.165, 1.54) is 0 Å². The highest BCUT2D eigenvalue weighted by Crippen LogP contribution is 2.20. The zero-order chi connectivity index (χ0) is 12.4. The van der Waals surface area contributed by atoms with Crippen molar-refractivity contribution in [3.8, 4) is 11.4 Å². The molecule has 6 heteroatoms. The second-order valence-corrected chi connectivity index (χ2v) is 5.15. The van der Waals surface area contributed by atoms with E-state index in [9.17, 15) is 4.79 Å². The molecule has 3 rings (SSSR count). The van der Waals surface area contributed by atoms with Crippen LogP contribution in [0.2, 0.25) is 0 Å². The van der Waals surface area contributed by atoms with Crippen LogP contribution in [0.4, 0.5) is 0 Å². The topological polar surface area (TPSA) is 68.0 Å². The molecule has 0 aromatic carbocycles. The van der Waals surface area contributed by atoms with Gasteiger partial charge in [0.2, 0.25) is 17.6 Å². The largest absolute Gasteiger partial charge is 0.353 e. The van der Waals surface area contributed by atoms with Gasteiger partial charge in [0.25, 0.3) is 0 Å². The highest BCUT2D eigenvalue weighted by molar-refractivity contribution is 7.08. The van der Waals surface area contributed by atoms with Crippen molar-refractivity contribution in [2.45, 2.75) is 31.7 Å². The summed E-state index contributed by atoms with van der Waals surface area (Å²) >= 11 is 1.59. The number of carbonyl (C=O) groups excluding carboxylic acids is 1. The Morgan fingerprint density at radius 2 is 2.44 bits per heavy atom. The molecule has 2 aromatic rings. The average Bonchev–Trinajstić information content (AvgIpc) is 2.87. The number of thiophene rings is 1. The monoisotopic (exact) mass is 263 g/mol. The summed E-state index contributed by atoms with van der Waals surface area (Å²) in [6.07, 6.45) is 3.11. The van der Waals surface area contributed by atoms with E-state index >= 15 is 0 Å². The molecule has 94 valence electrons. The van der Waals surface area contributed by atoms with Crippen LogP contribution in [-0.2, 0) is 11.2 Å². The normalized spacial score (nSPS) is 14.7. The Morgan fingerprint density at radius 3 is 3.17 bits per heavy atom. The maximum atomic E-state index is 11.5. The smallest absolute Gasteiger partial charge is 0.227 e. The molecule has 1 amide bonds. The van der Waals surface area contributed by atoms with Gasteiger partial charge in [-0.15, -0.1) is 0 Å². The summed E-state index contributed by atoms with van der Waals surface area (Å²) in [5.41, 5.74) is 0.956. The van der Waals surface area contributed by atoms with Crippen LogP contribution in [0.5, 0.6) is 0 Å². The highest BCUT2D eigenvalue weighted by atomic mass is 32.1. The quantitative estimate of drug-likeness (QED) is 0.896. The molecule has 1 aliphatic rings. The second-order valence-electron chi connectivity index (χ2n) is 4.37. The van der Waals surface area contributed by atoms with E-state index in [-0.39, 0.29) is 5.91 Å². The average molecular weight is 263 g/mol. The van der Waals surface area contributed by atoms with Crippen molar-refractivity contribution in [2.75, 3.05) is 0 Å². The lowest BCUT2D eigenvalue weighted by Crippen LogP contribution is -2.25. The number of carbonyl (C=O) groups is 1. The lowest BCUT2D eigenvalue weighted by molar-refractivity contribution is -0.121. The van der Waals surface area contributed by atoms with Crippen molar-refractivity contribution in [2.24, 2.45) is 0 Å². The van der Waals surface area contributed by atoms with Crippen LogP contribution in [0.15, 0.2) is 21.3 Å². The van der Waals surface area contributed by atoms with Crippen molar-refractivity contribution in [3.63, 3.8) is 0 Å². The fourth-order valence-corrected chi connectivity index (χ4v) is 2.25. The van der Waals surface area contributed by atoms with Crippen LogP contribution >= 0.6 is 11.3 Å². The van der Waals surface area contributed by atoms with Crippen molar-refractivity contribution >= 4 is 17.2 Å². The van der Waals surface area contributed by atoms with Crippen LogP contribution < -0.4 is 5.32 Å². The molecule has 5 nitrogen and oxygen atoms in total. The van der Waals surface area contributed by atoms with Gasteiger partial charge in [-0.2, -0.15) is 16.3 Å².